The fourth-order valence-electron chi connectivity index (χ4n) is 3.39. The van der Waals surface area contributed by atoms with Crippen molar-refractivity contribution < 1.29 is 18.3 Å². The number of nitrogens with zero attached hydrogens (tertiary/aromatic N) is 3. The van der Waals surface area contributed by atoms with Gasteiger partial charge in [0.2, 0.25) is 0 Å². The van der Waals surface area contributed by atoms with E-state index in [1.165, 1.54) is 34.4 Å². The second-order valence-corrected chi connectivity index (χ2v) is 8.39. The van der Waals surface area contributed by atoms with Crippen LogP contribution in [0.15, 0.2) is 36.4 Å². The number of para-hydroxylation sites is 1. The van der Waals surface area contributed by atoms with Gasteiger partial charge in [-0.05, 0) is 36.8 Å². The smallest absolute Gasteiger partial charge is 0.261 e. The van der Waals surface area contributed by atoms with Crippen LogP contribution in [-0.4, -0.2) is 55.2 Å². The molecule has 2 heterocycles. The fraction of sp³-hybridized carbons (Fsp3) is 0.333. The molecule has 0 radical (unpaired) electrons. The molecule has 158 valence electrons. The van der Waals surface area contributed by atoms with Crippen LogP contribution in [0.1, 0.15) is 16.8 Å². The van der Waals surface area contributed by atoms with Gasteiger partial charge >= 0.3 is 0 Å². The monoisotopic (exact) mass is 451 g/mol. The highest BCUT2D eigenvalue weighted by atomic mass is 35.5. The quantitative estimate of drug-likeness (QED) is 0.549. The summed E-state index contributed by atoms with van der Waals surface area (Å²) in [5.74, 6) is -1.34. The van der Waals surface area contributed by atoms with Crippen molar-refractivity contribution in [2.45, 2.75) is 6.42 Å². The van der Waals surface area contributed by atoms with Gasteiger partial charge in [-0.25, -0.2) is 13.8 Å². The van der Waals surface area contributed by atoms with Crippen LogP contribution in [0.3, 0.4) is 0 Å². The van der Waals surface area contributed by atoms with Crippen molar-refractivity contribution in [3.8, 4) is 0 Å². The molecule has 0 atom stereocenters. The number of halogens is 3. The van der Waals surface area contributed by atoms with Gasteiger partial charge in [0, 0.05) is 26.2 Å². The van der Waals surface area contributed by atoms with Crippen LogP contribution in [0, 0.1) is 11.6 Å². The summed E-state index contributed by atoms with van der Waals surface area (Å²) in [6, 6.07) is 8.39. The zero-order valence-electron chi connectivity index (χ0n) is 16.1. The maximum absolute atomic E-state index is 14.1. The number of morpholine rings is 1. The zero-order valence-corrected chi connectivity index (χ0v) is 17.7. The molecule has 5 nitrogen and oxygen atoms in total. The van der Waals surface area contributed by atoms with E-state index in [1.807, 2.05) is 0 Å². The summed E-state index contributed by atoms with van der Waals surface area (Å²) in [5, 5.41) is 0.424. The molecule has 1 aromatic heterocycles. The number of hydrogen-bond acceptors (Lipinski definition) is 5. The molecule has 2 aromatic carbocycles. The lowest BCUT2D eigenvalue weighted by molar-refractivity contribution is 0.0376. The van der Waals surface area contributed by atoms with Gasteiger partial charge in [-0.1, -0.05) is 29.0 Å². The Kier molecular flexibility index (Phi) is 6.58. The third kappa shape index (κ3) is 4.62. The molecule has 30 heavy (non-hydrogen) atoms. The normalized spacial score (nSPS) is 14.9. The number of aromatic nitrogens is 1. The number of carbonyl (C=O) groups is 1. The molecular weight excluding hydrogens is 432 g/mol. The number of anilines is 1. The highest BCUT2D eigenvalue weighted by molar-refractivity contribution is 7.22. The first kappa shape index (κ1) is 21.1. The molecule has 1 fully saturated rings. The number of carbonyl (C=O) groups excluding carboxylic acids is 1. The number of hydrogen-bond donors (Lipinski definition) is 0. The minimum atomic E-state index is -0.516. The number of rotatable bonds is 6. The number of ether oxygens (including phenoxy) is 1. The standard InChI is InChI=1S/C21H20ClF2N3O2S/c22-16-13-14(23)5-6-15(16)20(28)27(8-2-7-26-9-11-29-12-10-26)21-25-19-17(24)3-1-4-18(19)30-21/h1,3-6,13H,2,7-12H2. The van der Waals surface area contributed by atoms with Crippen LogP contribution in [-0.2, 0) is 4.74 Å². The van der Waals surface area contributed by atoms with Crippen molar-refractivity contribution >= 4 is 44.2 Å². The van der Waals surface area contributed by atoms with E-state index in [4.69, 9.17) is 16.3 Å². The van der Waals surface area contributed by atoms with E-state index >= 15 is 0 Å². The third-order valence-electron chi connectivity index (χ3n) is 4.96. The van der Waals surface area contributed by atoms with E-state index in [0.717, 1.165) is 25.7 Å². The predicted molar refractivity (Wildman–Crippen MR) is 115 cm³/mol. The second kappa shape index (κ2) is 9.34. The van der Waals surface area contributed by atoms with Gasteiger partial charge in [0.1, 0.15) is 17.2 Å². The van der Waals surface area contributed by atoms with Crippen LogP contribution >= 0.6 is 22.9 Å². The Labute approximate surface area is 181 Å². The van der Waals surface area contributed by atoms with E-state index < -0.39 is 11.6 Å². The van der Waals surface area contributed by atoms with Crippen molar-refractivity contribution in [3.63, 3.8) is 0 Å². The molecule has 0 saturated carbocycles. The predicted octanol–water partition coefficient (Wildman–Crippen LogP) is 4.60. The zero-order chi connectivity index (χ0) is 21.1. The average molecular weight is 452 g/mol. The number of benzene rings is 2. The van der Waals surface area contributed by atoms with Crippen molar-refractivity contribution in [1.29, 1.82) is 0 Å². The third-order valence-corrected chi connectivity index (χ3v) is 6.31. The molecule has 4 rings (SSSR count). The Hall–Kier alpha value is -2.13. The SMILES string of the molecule is O=C(c1ccc(F)cc1Cl)N(CCCN1CCOCC1)c1nc2c(F)cccc2s1. The summed E-state index contributed by atoms with van der Waals surface area (Å²) < 4.78 is 33.6. The summed E-state index contributed by atoms with van der Waals surface area (Å²) in [6.45, 7) is 4.28. The van der Waals surface area contributed by atoms with Crippen LogP contribution in [0.25, 0.3) is 10.2 Å². The molecule has 0 N–H and O–H groups in total. The van der Waals surface area contributed by atoms with Crippen LogP contribution < -0.4 is 4.90 Å². The van der Waals surface area contributed by atoms with Gasteiger partial charge in [-0.3, -0.25) is 14.6 Å². The lowest BCUT2D eigenvalue weighted by Crippen LogP contribution is -2.39. The highest BCUT2D eigenvalue weighted by Crippen LogP contribution is 2.32. The van der Waals surface area contributed by atoms with Crippen molar-refractivity contribution in [2.75, 3.05) is 44.3 Å². The summed E-state index contributed by atoms with van der Waals surface area (Å²) in [6.07, 6.45) is 0.697. The second-order valence-electron chi connectivity index (χ2n) is 6.97. The van der Waals surface area contributed by atoms with E-state index in [1.54, 1.807) is 12.1 Å². The molecule has 1 amide bonds. The van der Waals surface area contributed by atoms with E-state index in [9.17, 15) is 13.6 Å². The van der Waals surface area contributed by atoms with Crippen LogP contribution in [0.2, 0.25) is 5.02 Å². The van der Waals surface area contributed by atoms with Crippen molar-refractivity contribution in [1.82, 2.24) is 9.88 Å². The maximum Gasteiger partial charge on any atom is 0.261 e. The van der Waals surface area contributed by atoms with Crippen LogP contribution in [0.4, 0.5) is 13.9 Å². The molecule has 0 bridgehead atoms. The first-order chi connectivity index (χ1) is 14.5. The lowest BCUT2D eigenvalue weighted by Gasteiger charge is -2.27. The number of thiazole rings is 1. The molecule has 0 aliphatic carbocycles. The summed E-state index contributed by atoms with van der Waals surface area (Å²) in [7, 11) is 0. The molecule has 1 aliphatic rings. The Morgan fingerprint density at radius 3 is 2.77 bits per heavy atom. The Bertz CT molecular complexity index is 1060. The number of amides is 1. The molecule has 3 aromatic rings. The Morgan fingerprint density at radius 1 is 1.23 bits per heavy atom. The Balaban J connectivity index is 1.61. The lowest BCUT2D eigenvalue weighted by atomic mass is 10.2. The van der Waals surface area contributed by atoms with Crippen LogP contribution in [0.5, 0.6) is 0 Å². The first-order valence-corrected chi connectivity index (χ1v) is 10.8. The van der Waals surface area contributed by atoms with Crippen molar-refractivity contribution in [3.05, 3.63) is 58.6 Å². The molecular formula is C21H20ClF2N3O2S. The van der Waals surface area contributed by atoms with Gasteiger partial charge < -0.3 is 4.74 Å². The van der Waals surface area contributed by atoms with E-state index in [0.29, 0.717) is 36.0 Å². The van der Waals surface area contributed by atoms with Gasteiger partial charge in [-0.2, -0.15) is 0 Å². The Morgan fingerprint density at radius 2 is 2.03 bits per heavy atom. The molecule has 0 unspecified atom stereocenters. The van der Waals surface area contributed by atoms with Gasteiger partial charge in [0.25, 0.3) is 5.91 Å². The molecule has 1 aliphatic heterocycles. The van der Waals surface area contributed by atoms with Gasteiger partial charge in [0.15, 0.2) is 5.13 Å². The summed E-state index contributed by atoms with van der Waals surface area (Å²) in [5.41, 5.74) is 0.415. The topological polar surface area (TPSA) is 45.7 Å². The van der Waals surface area contributed by atoms with Gasteiger partial charge in [0.05, 0.1) is 28.5 Å². The average Bonchev–Trinajstić information content (AvgIpc) is 3.17. The minimum Gasteiger partial charge on any atom is -0.379 e. The fourth-order valence-corrected chi connectivity index (χ4v) is 4.64. The molecule has 9 heteroatoms. The molecule has 1 saturated heterocycles. The van der Waals surface area contributed by atoms with Crippen molar-refractivity contribution in [2.24, 2.45) is 0 Å². The number of fused-ring (bicyclic) bond motifs is 1. The van der Waals surface area contributed by atoms with E-state index in [-0.39, 0.29) is 22.0 Å². The molecule has 0 spiro atoms. The first-order valence-electron chi connectivity index (χ1n) is 9.65. The highest BCUT2D eigenvalue weighted by Gasteiger charge is 2.24. The summed E-state index contributed by atoms with van der Waals surface area (Å²) >= 11 is 7.37. The largest absolute Gasteiger partial charge is 0.379 e. The minimum absolute atomic E-state index is 0.0328. The van der Waals surface area contributed by atoms with Gasteiger partial charge in [-0.15, -0.1) is 0 Å². The summed E-state index contributed by atoms with van der Waals surface area (Å²) in [4.78, 5) is 21.4. The maximum atomic E-state index is 14.1. The van der Waals surface area contributed by atoms with E-state index in [2.05, 4.69) is 9.88 Å².